The summed E-state index contributed by atoms with van der Waals surface area (Å²) in [5.41, 5.74) is 9.33. The average molecular weight is 516 g/mol. The number of hydrogen-bond donors (Lipinski definition) is 3. The summed E-state index contributed by atoms with van der Waals surface area (Å²) in [5, 5.41) is 10.5. The number of methoxy groups -OCH3 is 1. The van der Waals surface area contributed by atoms with Gasteiger partial charge in [-0.25, -0.2) is 19.5 Å². The lowest BCUT2D eigenvalue weighted by Crippen LogP contribution is -2.43. The summed E-state index contributed by atoms with van der Waals surface area (Å²) in [7, 11) is 2.80. The number of amidine groups is 1. The molecular formula is C27H29N7O4. The molecule has 0 bridgehead atoms. The van der Waals surface area contributed by atoms with Crippen LogP contribution in [0.15, 0.2) is 60.8 Å². The Morgan fingerprint density at radius 3 is 2.53 bits per heavy atom. The van der Waals surface area contributed by atoms with Crippen molar-refractivity contribution < 1.29 is 19.1 Å². The molecule has 196 valence electrons. The summed E-state index contributed by atoms with van der Waals surface area (Å²) in [6, 6.07) is 14.4. The first kappa shape index (κ1) is 26.1. The lowest BCUT2D eigenvalue weighted by atomic mass is 10.0. The fourth-order valence-electron chi connectivity index (χ4n) is 4.52. The number of nitrogens with two attached hydrogens (primary N) is 1. The number of carbonyl (C=O) groups excluding carboxylic acids is 3. The Hall–Kier alpha value is -4.93. The van der Waals surface area contributed by atoms with Crippen molar-refractivity contribution in [2.24, 2.45) is 5.73 Å². The van der Waals surface area contributed by atoms with E-state index in [2.05, 4.69) is 10.3 Å². The fraction of sp³-hybridized carbons (Fsp3) is 0.222. The van der Waals surface area contributed by atoms with Crippen LogP contribution in [0.25, 0.3) is 11.1 Å². The SMILES string of the molecule is CNC(=O)N(C(=N)OC)c1ccc(-c2ccnc(N3CC(C)N(c4cccc(C(N)=O)c4)C3=O)c2C)cc1. The number of primary amides is 1. The largest absolute Gasteiger partial charge is 0.468 e. The number of amides is 5. The predicted octanol–water partition coefficient (Wildman–Crippen LogP) is 3.72. The summed E-state index contributed by atoms with van der Waals surface area (Å²) in [6.45, 7) is 4.25. The van der Waals surface area contributed by atoms with Crippen LogP contribution in [-0.4, -0.2) is 55.7 Å². The van der Waals surface area contributed by atoms with Crippen LogP contribution in [0.4, 0.5) is 26.8 Å². The highest BCUT2D eigenvalue weighted by Crippen LogP contribution is 2.34. The highest BCUT2D eigenvalue weighted by Gasteiger charge is 2.38. The second-order valence-electron chi connectivity index (χ2n) is 8.78. The Labute approximate surface area is 220 Å². The van der Waals surface area contributed by atoms with E-state index < -0.39 is 11.9 Å². The molecule has 11 heteroatoms. The summed E-state index contributed by atoms with van der Waals surface area (Å²) in [4.78, 5) is 46.3. The zero-order chi connectivity index (χ0) is 27.6. The Bertz CT molecular complexity index is 1390. The molecule has 2 heterocycles. The number of hydrogen-bond acceptors (Lipinski definition) is 6. The topological polar surface area (TPSA) is 145 Å². The van der Waals surface area contributed by atoms with E-state index in [4.69, 9.17) is 15.9 Å². The molecule has 4 rings (SSSR count). The average Bonchev–Trinajstić information content (AvgIpc) is 3.22. The van der Waals surface area contributed by atoms with Gasteiger partial charge in [-0.05, 0) is 66.9 Å². The van der Waals surface area contributed by atoms with Crippen molar-refractivity contribution in [1.29, 1.82) is 5.41 Å². The van der Waals surface area contributed by atoms with Crippen LogP contribution in [0.2, 0.25) is 0 Å². The van der Waals surface area contributed by atoms with Crippen molar-refractivity contribution in [1.82, 2.24) is 10.3 Å². The maximum Gasteiger partial charge on any atom is 0.330 e. The molecule has 0 radical (unpaired) electrons. The van der Waals surface area contributed by atoms with E-state index in [1.54, 1.807) is 52.4 Å². The van der Waals surface area contributed by atoms with E-state index in [1.807, 2.05) is 32.0 Å². The molecule has 5 amide bonds. The lowest BCUT2D eigenvalue weighted by Gasteiger charge is -2.22. The highest BCUT2D eigenvalue weighted by atomic mass is 16.5. The number of urea groups is 2. The molecule has 3 aromatic rings. The summed E-state index contributed by atoms with van der Waals surface area (Å²) in [6.07, 6.45) is 1.65. The minimum atomic E-state index is -0.559. The quantitative estimate of drug-likeness (QED) is 0.350. The molecule has 38 heavy (non-hydrogen) atoms. The van der Waals surface area contributed by atoms with E-state index in [9.17, 15) is 14.4 Å². The van der Waals surface area contributed by atoms with E-state index >= 15 is 0 Å². The Morgan fingerprint density at radius 2 is 1.89 bits per heavy atom. The van der Waals surface area contributed by atoms with Gasteiger partial charge in [0.05, 0.1) is 18.8 Å². The van der Waals surface area contributed by atoms with Gasteiger partial charge in [-0.15, -0.1) is 0 Å². The molecule has 1 saturated heterocycles. The molecule has 1 atom stereocenters. The summed E-state index contributed by atoms with van der Waals surface area (Å²) < 4.78 is 4.95. The van der Waals surface area contributed by atoms with Crippen LogP contribution in [0.1, 0.15) is 22.8 Å². The van der Waals surface area contributed by atoms with E-state index in [0.717, 1.165) is 21.6 Å². The monoisotopic (exact) mass is 515 g/mol. The number of pyridine rings is 1. The first-order valence-electron chi connectivity index (χ1n) is 11.9. The highest BCUT2D eigenvalue weighted by molar-refractivity contribution is 6.12. The molecule has 0 saturated carbocycles. The summed E-state index contributed by atoms with van der Waals surface area (Å²) >= 11 is 0. The molecule has 1 fully saturated rings. The third-order valence-electron chi connectivity index (χ3n) is 6.42. The van der Waals surface area contributed by atoms with Gasteiger partial charge in [0.15, 0.2) is 0 Å². The first-order chi connectivity index (χ1) is 18.2. The molecule has 0 aliphatic carbocycles. The van der Waals surface area contributed by atoms with Crippen LogP contribution in [0.3, 0.4) is 0 Å². The molecule has 4 N–H and O–H groups in total. The fourth-order valence-corrected chi connectivity index (χ4v) is 4.52. The van der Waals surface area contributed by atoms with Crippen molar-refractivity contribution in [3.8, 4) is 11.1 Å². The van der Waals surface area contributed by atoms with Gasteiger partial charge < -0.3 is 15.8 Å². The number of benzene rings is 2. The molecule has 1 aliphatic rings. The second kappa shape index (κ2) is 10.6. The molecule has 0 spiro atoms. The lowest BCUT2D eigenvalue weighted by molar-refractivity contribution is 0.1000. The van der Waals surface area contributed by atoms with Crippen molar-refractivity contribution in [3.63, 3.8) is 0 Å². The molecule has 1 aliphatic heterocycles. The van der Waals surface area contributed by atoms with Gasteiger partial charge in [-0.1, -0.05) is 18.2 Å². The van der Waals surface area contributed by atoms with Crippen molar-refractivity contribution in [2.45, 2.75) is 19.9 Å². The third kappa shape index (κ3) is 4.73. The number of rotatable bonds is 5. The van der Waals surface area contributed by atoms with Crippen LogP contribution in [-0.2, 0) is 4.74 Å². The summed E-state index contributed by atoms with van der Waals surface area (Å²) in [5.74, 6) is -0.0260. The Balaban J connectivity index is 1.65. The zero-order valence-corrected chi connectivity index (χ0v) is 21.6. The number of nitrogens with one attached hydrogen (secondary N) is 2. The second-order valence-corrected chi connectivity index (χ2v) is 8.78. The van der Waals surface area contributed by atoms with E-state index in [-0.39, 0.29) is 18.1 Å². The standard InChI is InChI=1S/C27H29N7O4/c1-16-15-32(27(37)33(16)21-7-5-6-19(14-21)23(28)35)24-17(2)22(12-13-31-24)18-8-10-20(11-9-18)34(25(29)38-4)26(36)30-3/h5-14,16,29H,15H2,1-4H3,(H2,28,35)(H,30,36). The maximum atomic E-state index is 13.5. The van der Waals surface area contributed by atoms with Crippen molar-refractivity contribution in [2.75, 3.05) is 35.4 Å². The van der Waals surface area contributed by atoms with Crippen molar-refractivity contribution >= 4 is 41.2 Å². The van der Waals surface area contributed by atoms with Crippen LogP contribution in [0.5, 0.6) is 0 Å². The van der Waals surface area contributed by atoms with Gasteiger partial charge in [0, 0.05) is 31.0 Å². The number of nitrogens with zero attached hydrogens (tertiary/aromatic N) is 4. The van der Waals surface area contributed by atoms with E-state index in [1.165, 1.54) is 14.2 Å². The van der Waals surface area contributed by atoms with Crippen LogP contribution < -0.4 is 25.8 Å². The maximum absolute atomic E-state index is 13.5. The number of ether oxygens (including phenoxy) is 1. The molecule has 1 unspecified atom stereocenters. The number of aromatic nitrogens is 1. The minimum absolute atomic E-state index is 0.165. The number of carbonyl (C=O) groups is 3. The zero-order valence-electron chi connectivity index (χ0n) is 21.6. The minimum Gasteiger partial charge on any atom is -0.468 e. The van der Waals surface area contributed by atoms with Gasteiger partial charge >= 0.3 is 12.1 Å². The van der Waals surface area contributed by atoms with Crippen LogP contribution in [0, 0.1) is 12.3 Å². The Morgan fingerprint density at radius 1 is 1.18 bits per heavy atom. The van der Waals surface area contributed by atoms with Crippen molar-refractivity contribution in [3.05, 3.63) is 71.9 Å². The van der Waals surface area contributed by atoms with Gasteiger partial charge in [-0.2, -0.15) is 0 Å². The van der Waals surface area contributed by atoms with Crippen LogP contribution >= 0.6 is 0 Å². The molecular weight excluding hydrogens is 486 g/mol. The van der Waals surface area contributed by atoms with Gasteiger partial charge in [0.2, 0.25) is 5.91 Å². The molecule has 1 aromatic heterocycles. The molecule has 2 aromatic carbocycles. The normalized spacial score (nSPS) is 14.8. The van der Waals surface area contributed by atoms with E-state index in [0.29, 0.717) is 29.3 Å². The van der Waals surface area contributed by atoms with Gasteiger partial charge in [-0.3, -0.25) is 20.0 Å². The first-order valence-corrected chi connectivity index (χ1v) is 11.9. The third-order valence-corrected chi connectivity index (χ3v) is 6.42. The van der Waals surface area contributed by atoms with Gasteiger partial charge in [0.1, 0.15) is 5.82 Å². The molecule has 11 nitrogen and oxygen atoms in total. The smallest absolute Gasteiger partial charge is 0.330 e. The number of anilines is 3. The predicted molar refractivity (Wildman–Crippen MR) is 146 cm³/mol. The Kier molecular flexibility index (Phi) is 7.28. The van der Waals surface area contributed by atoms with Gasteiger partial charge in [0.25, 0.3) is 6.02 Å².